The molecule has 0 aliphatic carbocycles. The van der Waals surface area contributed by atoms with Crippen molar-refractivity contribution in [3.8, 4) is 0 Å². The first kappa shape index (κ1) is 6.80. The molecule has 36 valence electrons. The molecule has 0 N–H and O–H groups in total. The van der Waals surface area contributed by atoms with Crippen LogP contribution >= 0.6 is 0 Å². The Hall–Kier alpha value is 0.799. The van der Waals surface area contributed by atoms with Crippen LogP contribution in [0.4, 0.5) is 0 Å². The summed E-state index contributed by atoms with van der Waals surface area (Å²) in [5, 5.41) is 0. The first-order valence-electron chi connectivity index (χ1n) is 2.47. The van der Waals surface area contributed by atoms with Crippen LogP contribution in [-0.2, 0) is 0 Å². The molecule has 0 unspecified atom stereocenters. The van der Waals surface area contributed by atoms with Crippen LogP contribution in [-0.4, -0.2) is 22.5 Å². The summed E-state index contributed by atoms with van der Waals surface area (Å²) in [6.07, 6.45) is 1.43. The molecule has 0 heterocycles. The Balaban J connectivity index is 2.63. The van der Waals surface area contributed by atoms with E-state index in [9.17, 15) is 0 Å². The molecule has 6 heavy (non-hydrogen) atoms. The molecule has 0 saturated heterocycles. The summed E-state index contributed by atoms with van der Waals surface area (Å²) in [5.41, 5.74) is 0. The van der Waals surface area contributed by atoms with Gasteiger partial charge in [0.25, 0.3) is 0 Å². The molecule has 0 spiro atoms. The van der Waals surface area contributed by atoms with E-state index in [1.165, 1.54) is 33.4 Å². The third kappa shape index (κ3) is 4.80. The van der Waals surface area contributed by atoms with Crippen molar-refractivity contribution in [2.75, 3.05) is 0 Å². The molecular weight excluding hydrogens is 179 g/mol. The van der Waals surface area contributed by atoms with Crippen molar-refractivity contribution >= 4 is 22.5 Å². The first-order valence-corrected chi connectivity index (χ1v) is 4.80. The monoisotopic (exact) mass is 192 g/mol. The summed E-state index contributed by atoms with van der Waals surface area (Å²) < 4.78 is 1.46. The minimum absolute atomic E-state index is 0.931. The zero-order valence-corrected chi connectivity index (χ0v) is 7.86. The van der Waals surface area contributed by atoms with Gasteiger partial charge >= 0.3 is 53.1 Å². The van der Waals surface area contributed by atoms with Crippen molar-refractivity contribution in [1.82, 2.24) is 0 Å². The van der Waals surface area contributed by atoms with Gasteiger partial charge in [0.2, 0.25) is 0 Å². The fourth-order valence-electron chi connectivity index (χ4n) is 0.333. The van der Waals surface area contributed by atoms with Gasteiger partial charge in [-0.15, -0.1) is 0 Å². The van der Waals surface area contributed by atoms with Crippen molar-refractivity contribution in [3.05, 3.63) is 0 Å². The van der Waals surface area contributed by atoms with Gasteiger partial charge in [-0.05, 0) is 0 Å². The Labute approximate surface area is 53.4 Å². The normalized spacial score (nSPS) is 10.0. The molecule has 0 atom stereocenters. The average molecular weight is 191 g/mol. The number of hydrogen-bond acceptors (Lipinski definition) is 0. The van der Waals surface area contributed by atoms with Crippen LogP contribution in [0, 0.1) is 5.92 Å². The van der Waals surface area contributed by atoms with Gasteiger partial charge in [-0.1, -0.05) is 0 Å². The third-order valence-electron chi connectivity index (χ3n) is 0.744. The Bertz CT molecular complexity index is 25.1. The second kappa shape index (κ2) is 3.97. The van der Waals surface area contributed by atoms with E-state index >= 15 is 0 Å². The van der Waals surface area contributed by atoms with E-state index in [4.69, 9.17) is 0 Å². The average Bonchev–Trinajstić information content (AvgIpc) is 1.35. The van der Waals surface area contributed by atoms with Crippen molar-refractivity contribution in [2.45, 2.75) is 24.7 Å². The second-order valence-corrected chi connectivity index (χ2v) is 3.62. The molecule has 0 bridgehead atoms. The van der Waals surface area contributed by atoms with E-state index in [1.54, 1.807) is 0 Å². The quantitative estimate of drug-likeness (QED) is 0.577. The molecular formula is C5H12Sn. The summed E-state index contributed by atoms with van der Waals surface area (Å²) in [7, 11) is 0. The molecule has 2 radical (unpaired) electrons. The molecule has 0 amide bonds. The summed E-state index contributed by atoms with van der Waals surface area (Å²) in [6.45, 7) is 4.55. The summed E-state index contributed by atoms with van der Waals surface area (Å²) in [5.74, 6) is 0.931. The Morgan fingerprint density at radius 3 is 2.00 bits per heavy atom. The van der Waals surface area contributed by atoms with Crippen LogP contribution in [0.1, 0.15) is 20.3 Å². The van der Waals surface area contributed by atoms with Crippen LogP contribution in [0.5, 0.6) is 0 Å². The maximum atomic E-state index is 2.27. The Morgan fingerprint density at radius 2 is 2.00 bits per heavy atom. The van der Waals surface area contributed by atoms with Crippen molar-refractivity contribution in [1.29, 1.82) is 0 Å². The number of hydrogen-bond donors (Lipinski definition) is 0. The number of rotatable bonds is 2. The standard InChI is InChI=1S/C5H11.Sn.H/c1-4-5(2)3;;/h5H,1,4H2,2-3H3;;. The molecule has 1 heteroatoms. The molecule has 0 aromatic heterocycles. The van der Waals surface area contributed by atoms with Crippen LogP contribution in [0.25, 0.3) is 0 Å². The first-order chi connectivity index (χ1) is 2.77. The van der Waals surface area contributed by atoms with Gasteiger partial charge in [-0.3, -0.25) is 0 Å². The predicted octanol–water partition coefficient (Wildman–Crippen LogP) is 1.35. The third-order valence-corrected chi connectivity index (χ3v) is 1.70. The second-order valence-electron chi connectivity index (χ2n) is 1.97. The van der Waals surface area contributed by atoms with Gasteiger partial charge in [0, 0.05) is 0 Å². The molecule has 0 aliphatic heterocycles. The van der Waals surface area contributed by atoms with Gasteiger partial charge < -0.3 is 0 Å². The van der Waals surface area contributed by atoms with E-state index in [0.29, 0.717) is 0 Å². The van der Waals surface area contributed by atoms with Gasteiger partial charge in [-0.25, -0.2) is 0 Å². The summed E-state index contributed by atoms with van der Waals surface area (Å²) in [6, 6.07) is 0. The SMILES string of the molecule is CC(C)C[CH2][SnH]. The maximum absolute atomic E-state index is 2.27. The molecule has 0 aromatic rings. The minimum atomic E-state index is 0.931. The van der Waals surface area contributed by atoms with Crippen LogP contribution in [0.15, 0.2) is 0 Å². The van der Waals surface area contributed by atoms with Crippen LogP contribution < -0.4 is 0 Å². The van der Waals surface area contributed by atoms with Gasteiger partial charge in [0.05, 0.1) is 0 Å². The van der Waals surface area contributed by atoms with Crippen molar-refractivity contribution in [2.24, 2.45) is 5.92 Å². The Morgan fingerprint density at radius 1 is 1.50 bits per heavy atom. The summed E-state index contributed by atoms with van der Waals surface area (Å²) >= 11 is 1.44. The van der Waals surface area contributed by atoms with Crippen molar-refractivity contribution in [3.63, 3.8) is 0 Å². The van der Waals surface area contributed by atoms with Gasteiger partial charge in [0.1, 0.15) is 0 Å². The summed E-state index contributed by atoms with van der Waals surface area (Å²) in [4.78, 5) is 0. The van der Waals surface area contributed by atoms with E-state index in [1.807, 2.05) is 0 Å². The molecule has 0 aliphatic rings. The van der Waals surface area contributed by atoms with Crippen molar-refractivity contribution < 1.29 is 0 Å². The molecule has 0 aromatic carbocycles. The predicted molar refractivity (Wildman–Crippen MR) is 31.4 cm³/mol. The van der Waals surface area contributed by atoms with Crippen LogP contribution in [0.3, 0.4) is 0 Å². The molecule has 0 saturated carbocycles. The van der Waals surface area contributed by atoms with E-state index in [2.05, 4.69) is 13.8 Å². The van der Waals surface area contributed by atoms with E-state index in [-0.39, 0.29) is 0 Å². The molecule has 0 rings (SSSR count). The van der Waals surface area contributed by atoms with Gasteiger partial charge in [-0.2, -0.15) is 0 Å². The Kier molecular flexibility index (Phi) is 4.50. The zero-order valence-electron chi connectivity index (χ0n) is 4.57. The fraction of sp³-hybridized carbons (Fsp3) is 1.00. The fourth-order valence-corrected chi connectivity index (χ4v) is 2.24. The molecule has 0 nitrogen and oxygen atoms in total. The topological polar surface area (TPSA) is 0 Å². The van der Waals surface area contributed by atoms with E-state index < -0.39 is 0 Å². The van der Waals surface area contributed by atoms with Gasteiger partial charge in [0.15, 0.2) is 0 Å². The van der Waals surface area contributed by atoms with E-state index in [0.717, 1.165) is 5.92 Å². The molecule has 0 fully saturated rings. The van der Waals surface area contributed by atoms with Crippen LogP contribution in [0.2, 0.25) is 4.44 Å². The zero-order chi connectivity index (χ0) is 4.99.